The average Bonchev–Trinajstić information content (AvgIpc) is 2.47. The molecule has 0 fully saturated rings. The molecule has 0 aromatic carbocycles. The molecule has 0 spiro atoms. The minimum atomic E-state index is 0.0110. The summed E-state index contributed by atoms with van der Waals surface area (Å²) < 4.78 is 5.64. The summed E-state index contributed by atoms with van der Waals surface area (Å²) in [6, 6.07) is 5.11. The molecule has 4 heteroatoms. The number of furan rings is 1. The topological polar surface area (TPSA) is 41.3 Å². The zero-order valence-electron chi connectivity index (χ0n) is 5.91. The van der Waals surface area contributed by atoms with E-state index in [9.17, 15) is 0 Å². The standard InChI is InChI=1S/C8H3BrN2O/c1-11-6(5-10)4-7-2-3-8(9)12-7/h2-4H/b6-4-. The van der Waals surface area contributed by atoms with Gasteiger partial charge in [0.15, 0.2) is 4.67 Å². The number of allylic oxidation sites excluding steroid dienone is 1. The molecule has 1 rings (SSSR count). The molecule has 0 aliphatic rings. The quantitative estimate of drug-likeness (QED) is 0.542. The van der Waals surface area contributed by atoms with Gasteiger partial charge in [-0.3, -0.25) is 0 Å². The summed E-state index contributed by atoms with van der Waals surface area (Å²) in [7, 11) is 0. The van der Waals surface area contributed by atoms with Crippen LogP contribution in [0.1, 0.15) is 5.76 Å². The molecule has 3 nitrogen and oxygen atoms in total. The fourth-order valence-electron chi connectivity index (χ4n) is 0.630. The van der Waals surface area contributed by atoms with Crippen molar-refractivity contribution in [1.29, 1.82) is 5.26 Å². The third-order valence-electron chi connectivity index (χ3n) is 1.11. The summed E-state index contributed by atoms with van der Waals surface area (Å²) in [6.45, 7) is 6.60. The van der Waals surface area contributed by atoms with Crippen LogP contribution in [0.25, 0.3) is 10.9 Å². The highest BCUT2D eigenvalue weighted by Crippen LogP contribution is 2.16. The first-order chi connectivity index (χ1) is 5.76. The van der Waals surface area contributed by atoms with Gasteiger partial charge < -0.3 is 4.42 Å². The first kappa shape index (κ1) is 8.58. The van der Waals surface area contributed by atoms with Crippen molar-refractivity contribution in [3.05, 3.63) is 39.7 Å². The largest absolute Gasteiger partial charge is 0.451 e. The maximum absolute atomic E-state index is 8.41. The van der Waals surface area contributed by atoms with E-state index in [0.717, 1.165) is 0 Å². The van der Waals surface area contributed by atoms with Gasteiger partial charge in [0.2, 0.25) is 0 Å². The summed E-state index contributed by atoms with van der Waals surface area (Å²) >= 11 is 3.11. The van der Waals surface area contributed by atoms with Crippen LogP contribution in [-0.2, 0) is 0 Å². The third-order valence-corrected chi connectivity index (χ3v) is 1.53. The van der Waals surface area contributed by atoms with Crippen LogP contribution in [0.5, 0.6) is 0 Å². The molecule has 0 saturated carbocycles. The molecule has 12 heavy (non-hydrogen) atoms. The van der Waals surface area contributed by atoms with Crippen LogP contribution in [-0.4, -0.2) is 0 Å². The van der Waals surface area contributed by atoms with Crippen molar-refractivity contribution in [2.24, 2.45) is 0 Å². The number of rotatable bonds is 1. The Hall–Kier alpha value is -1.52. The Kier molecular flexibility index (Phi) is 2.68. The van der Waals surface area contributed by atoms with Gasteiger partial charge in [0, 0.05) is 0 Å². The van der Waals surface area contributed by atoms with Crippen LogP contribution >= 0.6 is 15.9 Å². The Bertz CT molecular complexity index is 376. The molecule has 1 aromatic rings. The molecule has 0 bridgehead atoms. The molecule has 0 N–H and O–H groups in total. The van der Waals surface area contributed by atoms with Crippen LogP contribution in [0.3, 0.4) is 0 Å². The van der Waals surface area contributed by atoms with Crippen molar-refractivity contribution >= 4 is 22.0 Å². The van der Waals surface area contributed by atoms with Crippen molar-refractivity contribution in [2.75, 3.05) is 0 Å². The molecule has 1 aromatic heterocycles. The number of hydrogen-bond acceptors (Lipinski definition) is 2. The van der Waals surface area contributed by atoms with Crippen LogP contribution in [0.15, 0.2) is 26.9 Å². The molecule has 0 amide bonds. The summed E-state index contributed by atoms with van der Waals surface area (Å²) in [4.78, 5) is 2.99. The highest BCUT2D eigenvalue weighted by Gasteiger charge is 1.98. The lowest BCUT2D eigenvalue weighted by atomic mass is 10.3. The fourth-order valence-corrected chi connectivity index (χ4v) is 0.949. The number of hydrogen-bond donors (Lipinski definition) is 0. The van der Waals surface area contributed by atoms with E-state index in [2.05, 4.69) is 20.8 Å². The SMILES string of the molecule is [C-]#[N+]/C(C#N)=C\c1ccc(Br)o1. The number of halogens is 1. The van der Waals surface area contributed by atoms with Crippen molar-refractivity contribution in [2.45, 2.75) is 0 Å². The molecule has 0 saturated heterocycles. The van der Waals surface area contributed by atoms with E-state index >= 15 is 0 Å². The minimum Gasteiger partial charge on any atom is -0.451 e. The second-order valence-corrected chi connectivity index (χ2v) is 2.68. The fraction of sp³-hybridized carbons (Fsp3) is 0. The van der Waals surface area contributed by atoms with Gasteiger partial charge in [-0.05, 0) is 34.1 Å². The van der Waals surface area contributed by atoms with E-state index in [-0.39, 0.29) is 5.70 Å². The molecule has 0 aliphatic heterocycles. The molecule has 1 heterocycles. The molecule has 0 aliphatic carbocycles. The molecule has 0 unspecified atom stereocenters. The van der Waals surface area contributed by atoms with Gasteiger partial charge in [-0.2, -0.15) is 0 Å². The van der Waals surface area contributed by atoms with Crippen molar-refractivity contribution in [3.63, 3.8) is 0 Å². The number of nitriles is 1. The lowest BCUT2D eigenvalue weighted by Crippen LogP contribution is -1.67. The molecule has 0 atom stereocenters. The Morgan fingerprint density at radius 2 is 2.50 bits per heavy atom. The minimum absolute atomic E-state index is 0.0110. The third kappa shape index (κ3) is 1.98. The maximum atomic E-state index is 8.41. The van der Waals surface area contributed by atoms with Gasteiger partial charge in [-0.25, -0.2) is 10.1 Å². The highest BCUT2D eigenvalue weighted by atomic mass is 79.9. The van der Waals surface area contributed by atoms with Crippen LogP contribution < -0.4 is 0 Å². The zero-order chi connectivity index (χ0) is 8.97. The second-order valence-electron chi connectivity index (χ2n) is 1.90. The molecular formula is C8H3BrN2O. The predicted molar refractivity (Wildman–Crippen MR) is 46.6 cm³/mol. The van der Waals surface area contributed by atoms with Gasteiger partial charge in [-0.1, -0.05) is 0 Å². The van der Waals surface area contributed by atoms with E-state index in [1.165, 1.54) is 6.08 Å². The van der Waals surface area contributed by atoms with Gasteiger partial charge in [0.25, 0.3) is 5.70 Å². The second kappa shape index (κ2) is 3.75. The Balaban J connectivity index is 2.97. The summed E-state index contributed by atoms with van der Waals surface area (Å²) in [5.74, 6) is 0.495. The van der Waals surface area contributed by atoms with Crippen LogP contribution in [0.4, 0.5) is 0 Å². The monoisotopic (exact) mass is 222 g/mol. The van der Waals surface area contributed by atoms with Crippen molar-refractivity contribution < 1.29 is 4.42 Å². The van der Waals surface area contributed by atoms with Crippen LogP contribution in [0.2, 0.25) is 0 Å². The van der Waals surface area contributed by atoms with Crippen molar-refractivity contribution in [1.82, 2.24) is 0 Å². The lowest BCUT2D eigenvalue weighted by molar-refractivity contribution is 0.531. The van der Waals surface area contributed by atoms with E-state index < -0.39 is 0 Å². The Morgan fingerprint density at radius 3 is 2.92 bits per heavy atom. The Labute approximate surface area is 77.9 Å². The van der Waals surface area contributed by atoms with Gasteiger partial charge in [-0.15, -0.1) is 0 Å². The average molecular weight is 223 g/mol. The first-order valence-electron chi connectivity index (χ1n) is 3.01. The first-order valence-corrected chi connectivity index (χ1v) is 3.80. The zero-order valence-corrected chi connectivity index (χ0v) is 7.50. The van der Waals surface area contributed by atoms with E-state index in [1.807, 2.05) is 0 Å². The highest BCUT2D eigenvalue weighted by molar-refractivity contribution is 9.10. The van der Waals surface area contributed by atoms with E-state index in [1.54, 1.807) is 18.2 Å². The normalized spacial score (nSPS) is 10.4. The van der Waals surface area contributed by atoms with Gasteiger partial charge in [0.05, 0.1) is 12.6 Å². The summed E-state index contributed by atoms with van der Waals surface area (Å²) in [5.41, 5.74) is 0.0110. The van der Waals surface area contributed by atoms with E-state index in [4.69, 9.17) is 16.3 Å². The van der Waals surface area contributed by atoms with Crippen molar-refractivity contribution in [3.8, 4) is 6.07 Å². The summed E-state index contributed by atoms with van der Waals surface area (Å²) in [5, 5.41) is 8.41. The Morgan fingerprint density at radius 1 is 1.75 bits per heavy atom. The van der Waals surface area contributed by atoms with Gasteiger partial charge in [0.1, 0.15) is 5.76 Å². The smallest absolute Gasteiger partial charge is 0.265 e. The molecule has 0 radical (unpaired) electrons. The maximum Gasteiger partial charge on any atom is 0.265 e. The van der Waals surface area contributed by atoms with Crippen LogP contribution in [0, 0.1) is 17.9 Å². The molecule has 58 valence electrons. The summed E-state index contributed by atoms with van der Waals surface area (Å²) in [6.07, 6.45) is 1.39. The van der Waals surface area contributed by atoms with E-state index in [0.29, 0.717) is 10.4 Å². The predicted octanol–water partition coefficient (Wildman–Crippen LogP) is 2.83. The number of nitrogens with zero attached hydrogens (tertiary/aromatic N) is 2. The lowest BCUT2D eigenvalue weighted by Gasteiger charge is -1.82. The van der Waals surface area contributed by atoms with Gasteiger partial charge >= 0.3 is 0 Å². The molecular weight excluding hydrogens is 220 g/mol.